The van der Waals surface area contributed by atoms with Gasteiger partial charge in [-0.15, -0.1) is 11.3 Å². The van der Waals surface area contributed by atoms with Gasteiger partial charge in [0.05, 0.1) is 23.9 Å². The van der Waals surface area contributed by atoms with Crippen LogP contribution in [0.3, 0.4) is 0 Å². The van der Waals surface area contributed by atoms with Crippen molar-refractivity contribution >= 4 is 22.9 Å². The second-order valence-corrected chi connectivity index (χ2v) is 6.16. The van der Waals surface area contributed by atoms with E-state index in [9.17, 15) is 4.79 Å². The van der Waals surface area contributed by atoms with E-state index in [4.69, 9.17) is 10.5 Å². The average Bonchev–Trinajstić information content (AvgIpc) is 3.11. The fraction of sp³-hybridized carbons (Fsp3) is 0.176. The molecule has 0 saturated carbocycles. The van der Waals surface area contributed by atoms with E-state index in [1.165, 1.54) is 11.3 Å². The number of nitrogens with two attached hydrogens (primary N) is 1. The Kier molecular flexibility index (Phi) is 5.20. The van der Waals surface area contributed by atoms with Crippen LogP contribution in [0.4, 0.5) is 5.69 Å². The van der Waals surface area contributed by atoms with Crippen LogP contribution in [-0.4, -0.2) is 27.5 Å². The first kappa shape index (κ1) is 16.8. The number of rotatable bonds is 6. The Balaban J connectivity index is 1.68. The monoisotopic (exact) mass is 355 g/mol. The summed E-state index contributed by atoms with van der Waals surface area (Å²) in [6.07, 6.45) is 4.78. The third-order valence-electron chi connectivity index (χ3n) is 3.26. The molecule has 3 aromatic rings. The molecule has 7 nitrogen and oxygen atoms in total. The van der Waals surface area contributed by atoms with Crippen LogP contribution in [0.1, 0.15) is 22.3 Å². The van der Waals surface area contributed by atoms with Gasteiger partial charge in [0, 0.05) is 18.4 Å². The van der Waals surface area contributed by atoms with E-state index in [-0.39, 0.29) is 5.91 Å². The first-order valence-electron chi connectivity index (χ1n) is 7.69. The zero-order valence-electron chi connectivity index (χ0n) is 13.6. The second-order valence-electron chi connectivity index (χ2n) is 5.13. The van der Waals surface area contributed by atoms with Crippen molar-refractivity contribution in [3.8, 4) is 16.5 Å². The molecule has 0 aliphatic heterocycles. The molecule has 2 heterocycles. The molecule has 25 heavy (non-hydrogen) atoms. The normalized spacial score (nSPS) is 10.4. The topological polar surface area (TPSA) is 103 Å². The summed E-state index contributed by atoms with van der Waals surface area (Å²) >= 11 is 1.25. The van der Waals surface area contributed by atoms with Gasteiger partial charge in [0.25, 0.3) is 5.91 Å². The quantitative estimate of drug-likeness (QED) is 0.659. The predicted octanol–water partition coefficient (Wildman–Crippen LogP) is 2.51. The van der Waals surface area contributed by atoms with Crippen molar-refractivity contribution in [3.05, 3.63) is 53.4 Å². The molecule has 128 valence electrons. The molecular weight excluding hydrogens is 338 g/mol. The summed E-state index contributed by atoms with van der Waals surface area (Å²) in [7, 11) is 0. The summed E-state index contributed by atoms with van der Waals surface area (Å²) in [6, 6.07) is 7.37. The molecule has 0 radical (unpaired) electrons. The lowest BCUT2D eigenvalue weighted by Gasteiger charge is -2.04. The number of aromatic nitrogens is 3. The summed E-state index contributed by atoms with van der Waals surface area (Å²) in [5.41, 5.74) is 7.95. The van der Waals surface area contributed by atoms with E-state index >= 15 is 0 Å². The van der Waals surface area contributed by atoms with Crippen LogP contribution in [0.5, 0.6) is 5.88 Å². The van der Waals surface area contributed by atoms with E-state index in [2.05, 4.69) is 20.3 Å². The Labute approximate surface area is 148 Å². The lowest BCUT2D eigenvalue weighted by Crippen LogP contribution is -2.22. The predicted molar refractivity (Wildman–Crippen MR) is 96.3 cm³/mol. The summed E-state index contributed by atoms with van der Waals surface area (Å²) < 4.78 is 5.34. The summed E-state index contributed by atoms with van der Waals surface area (Å²) in [4.78, 5) is 25.6. The molecular formula is C17H17N5O2S. The van der Waals surface area contributed by atoms with Gasteiger partial charge in [-0.3, -0.25) is 9.78 Å². The Bertz CT molecular complexity index is 881. The fourth-order valence-corrected chi connectivity index (χ4v) is 2.93. The molecule has 3 N–H and O–H groups in total. The maximum absolute atomic E-state index is 12.3. The van der Waals surface area contributed by atoms with Crippen LogP contribution >= 0.6 is 11.3 Å². The standard InChI is InChI=1S/C17H17N5O2S/c1-2-24-15-10-19-8-13(22-15)14-9-21-17(25-14)16(23)20-7-11-4-3-5-12(18)6-11/h3-6,8-10H,2,7,18H2,1H3,(H,20,23). The van der Waals surface area contributed by atoms with Gasteiger partial charge in [-0.2, -0.15) is 0 Å². The number of amides is 1. The molecule has 0 aliphatic rings. The molecule has 3 rings (SSSR count). The highest BCUT2D eigenvalue weighted by atomic mass is 32.1. The maximum atomic E-state index is 12.3. The average molecular weight is 355 g/mol. The Morgan fingerprint density at radius 3 is 3.00 bits per heavy atom. The number of nitrogens with one attached hydrogen (secondary N) is 1. The third-order valence-corrected chi connectivity index (χ3v) is 4.28. The summed E-state index contributed by atoms with van der Waals surface area (Å²) in [5, 5.41) is 3.20. The van der Waals surface area contributed by atoms with Crippen LogP contribution < -0.4 is 15.8 Å². The van der Waals surface area contributed by atoms with Gasteiger partial charge in [-0.05, 0) is 24.6 Å². The molecule has 0 fully saturated rings. The van der Waals surface area contributed by atoms with Crippen LogP contribution in [0.2, 0.25) is 0 Å². The van der Waals surface area contributed by atoms with E-state index < -0.39 is 0 Å². The van der Waals surface area contributed by atoms with Gasteiger partial charge in [0.15, 0.2) is 5.01 Å². The highest BCUT2D eigenvalue weighted by molar-refractivity contribution is 7.16. The summed E-state index contributed by atoms with van der Waals surface area (Å²) in [5.74, 6) is 0.202. The molecule has 2 aromatic heterocycles. The smallest absolute Gasteiger partial charge is 0.280 e. The van der Waals surface area contributed by atoms with Crippen molar-refractivity contribution in [2.75, 3.05) is 12.3 Å². The number of ether oxygens (including phenoxy) is 1. The number of carbonyl (C=O) groups is 1. The van der Waals surface area contributed by atoms with Crippen molar-refractivity contribution in [1.82, 2.24) is 20.3 Å². The molecule has 0 bridgehead atoms. The van der Waals surface area contributed by atoms with Crippen LogP contribution in [0.25, 0.3) is 10.6 Å². The SMILES string of the molecule is CCOc1cncc(-c2cnc(C(=O)NCc3cccc(N)c3)s2)n1. The van der Waals surface area contributed by atoms with Gasteiger partial charge in [-0.1, -0.05) is 12.1 Å². The van der Waals surface area contributed by atoms with Gasteiger partial charge >= 0.3 is 0 Å². The number of hydrogen-bond acceptors (Lipinski definition) is 7. The number of thiazole rings is 1. The second kappa shape index (κ2) is 7.71. The number of anilines is 1. The van der Waals surface area contributed by atoms with Gasteiger partial charge in [0.1, 0.15) is 5.69 Å². The van der Waals surface area contributed by atoms with Gasteiger partial charge in [-0.25, -0.2) is 9.97 Å². The molecule has 1 amide bonds. The Morgan fingerprint density at radius 2 is 2.20 bits per heavy atom. The number of carbonyl (C=O) groups excluding carboxylic acids is 1. The zero-order chi connectivity index (χ0) is 17.6. The largest absolute Gasteiger partial charge is 0.477 e. The van der Waals surface area contributed by atoms with Crippen LogP contribution in [0, 0.1) is 0 Å². The molecule has 1 aromatic carbocycles. The number of hydrogen-bond donors (Lipinski definition) is 2. The minimum atomic E-state index is -0.243. The summed E-state index contributed by atoms with van der Waals surface area (Å²) in [6.45, 7) is 2.78. The molecule has 0 saturated heterocycles. The van der Waals surface area contributed by atoms with E-state index in [0.29, 0.717) is 35.4 Å². The van der Waals surface area contributed by atoms with Crippen molar-refractivity contribution in [1.29, 1.82) is 0 Å². The minimum absolute atomic E-state index is 0.243. The minimum Gasteiger partial charge on any atom is -0.477 e. The molecule has 8 heteroatoms. The number of nitrogens with zero attached hydrogens (tertiary/aromatic N) is 3. The van der Waals surface area contributed by atoms with Gasteiger partial charge < -0.3 is 15.8 Å². The fourth-order valence-electron chi connectivity index (χ4n) is 2.14. The third kappa shape index (κ3) is 4.30. The van der Waals surface area contributed by atoms with E-state index in [1.807, 2.05) is 25.1 Å². The maximum Gasteiger partial charge on any atom is 0.280 e. The van der Waals surface area contributed by atoms with E-state index in [0.717, 1.165) is 10.4 Å². The zero-order valence-corrected chi connectivity index (χ0v) is 14.4. The van der Waals surface area contributed by atoms with Crippen LogP contribution in [-0.2, 0) is 6.54 Å². The van der Waals surface area contributed by atoms with Crippen molar-refractivity contribution < 1.29 is 9.53 Å². The van der Waals surface area contributed by atoms with Crippen molar-refractivity contribution in [2.24, 2.45) is 0 Å². The first-order chi connectivity index (χ1) is 12.2. The lowest BCUT2D eigenvalue weighted by atomic mass is 10.2. The Morgan fingerprint density at radius 1 is 1.32 bits per heavy atom. The van der Waals surface area contributed by atoms with Gasteiger partial charge in [0.2, 0.25) is 5.88 Å². The van der Waals surface area contributed by atoms with Crippen molar-refractivity contribution in [2.45, 2.75) is 13.5 Å². The highest BCUT2D eigenvalue weighted by Gasteiger charge is 2.13. The molecule has 0 spiro atoms. The molecule has 0 atom stereocenters. The Hall–Kier alpha value is -3.00. The van der Waals surface area contributed by atoms with Crippen LogP contribution in [0.15, 0.2) is 42.9 Å². The van der Waals surface area contributed by atoms with E-state index in [1.54, 1.807) is 24.7 Å². The number of nitrogen functional groups attached to an aromatic ring is 1. The van der Waals surface area contributed by atoms with Crippen molar-refractivity contribution in [3.63, 3.8) is 0 Å². The molecule has 0 aliphatic carbocycles. The molecule has 0 unspecified atom stereocenters. The number of benzene rings is 1. The highest BCUT2D eigenvalue weighted by Crippen LogP contribution is 2.25. The lowest BCUT2D eigenvalue weighted by molar-refractivity contribution is 0.0950. The first-order valence-corrected chi connectivity index (χ1v) is 8.51.